The van der Waals surface area contributed by atoms with Gasteiger partial charge in [-0.05, 0) is 12.3 Å². The van der Waals surface area contributed by atoms with E-state index in [-0.39, 0.29) is 12.3 Å². The van der Waals surface area contributed by atoms with Gasteiger partial charge in [-0.1, -0.05) is 13.8 Å². The fourth-order valence-electron chi connectivity index (χ4n) is 0.792. The van der Waals surface area contributed by atoms with Crippen LogP contribution in [0.2, 0.25) is 0 Å². The second kappa shape index (κ2) is 5.69. The van der Waals surface area contributed by atoms with Crippen LogP contribution in [0.15, 0.2) is 0 Å². The highest BCUT2D eigenvalue weighted by Gasteiger charge is 2.43. The molecular formula is C8H12F3NO4. The molecule has 0 aromatic heterocycles. The number of carbonyl (C=O) groups is 2. The molecule has 0 heterocycles. The molecule has 0 aliphatic heterocycles. The number of rotatable bonds is 3. The Morgan fingerprint density at radius 1 is 1.25 bits per heavy atom. The zero-order valence-electron chi connectivity index (χ0n) is 8.71. The zero-order chi connectivity index (χ0) is 12.9. The van der Waals surface area contributed by atoms with E-state index in [0.717, 1.165) is 0 Å². The van der Waals surface area contributed by atoms with Crippen molar-refractivity contribution < 1.29 is 32.5 Å². The maximum atomic E-state index is 11.6. The Kier molecular flexibility index (Phi) is 5.22. The molecule has 0 amide bonds. The summed E-state index contributed by atoms with van der Waals surface area (Å²) in [6.45, 7) is 3.52. The average molecular weight is 243 g/mol. The van der Waals surface area contributed by atoms with Crippen LogP contribution < -0.4 is 5.73 Å². The number of carbonyl (C=O) groups excluding carboxylic acids is 2. The fraction of sp³-hybridized carbons (Fsp3) is 0.750. The predicted molar refractivity (Wildman–Crippen MR) is 45.7 cm³/mol. The van der Waals surface area contributed by atoms with E-state index in [2.05, 4.69) is 9.78 Å². The summed E-state index contributed by atoms with van der Waals surface area (Å²) < 4.78 is 34.8. The van der Waals surface area contributed by atoms with E-state index in [1.54, 1.807) is 13.8 Å². The van der Waals surface area contributed by atoms with Crippen molar-refractivity contribution >= 4 is 11.9 Å². The van der Waals surface area contributed by atoms with Gasteiger partial charge in [0, 0.05) is 0 Å². The van der Waals surface area contributed by atoms with E-state index < -0.39 is 24.2 Å². The molecule has 0 aliphatic carbocycles. The normalized spacial score (nSPS) is 13.4. The quantitative estimate of drug-likeness (QED) is 0.589. The molecule has 0 aromatic carbocycles. The Morgan fingerprint density at radius 2 is 1.75 bits per heavy atom. The van der Waals surface area contributed by atoms with E-state index >= 15 is 0 Å². The van der Waals surface area contributed by atoms with Gasteiger partial charge in [-0.3, -0.25) is 0 Å². The Balaban J connectivity index is 4.03. The van der Waals surface area contributed by atoms with Crippen molar-refractivity contribution in [3.05, 3.63) is 0 Å². The third kappa shape index (κ3) is 5.54. The van der Waals surface area contributed by atoms with Gasteiger partial charge < -0.3 is 5.73 Å². The first-order chi connectivity index (χ1) is 7.14. The molecule has 5 nitrogen and oxygen atoms in total. The Hall–Kier alpha value is -1.31. The molecule has 0 saturated heterocycles. The number of nitrogens with two attached hydrogens (primary N) is 1. The van der Waals surface area contributed by atoms with Gasteiger partial charge in [0.1, 0.15) is 6.04 Å². The van der Waals surface area contributed by atoms with E-state index in [1.807, 2.05) is 0 Å². The van der Waals surface area contributed by atoms with E-state index in [1.165, 1.54) is 0 Å². The molecule has 0 aliphatic rings. The number of halogens is 3. The largest absolute Gasteiger partial charge is 0.495 e. The lowest BCUT2D eigenvalue weighted by Gasteiger charge is -2.11. The SMILES string of the molecule is CC(C)CC(N)C(=O)OOC(=O)C(F)(F)F. The van der Waals surface area contributed by atoms with Crippen molar-refractivity contribution in [2.24, 2.45) is 11.7 Å². The van der Waals surface area contributed by atoms with Gasteiger partial charge in [-0.2, -0.15) is 13.2 Å². The van der Waals surface area contributed by atoms with E-state index in [9.17, 15) is 22.8 Å². The summed E-state index contributed by atoms with van der Waals surface area (Å²) in [6, 6.07) is -1.12. The van der Waals surface area contributed by atoms with Crippen molar-refractivity contribution in [2.45, 2.75) is 32.5 Å². The zero-order valence-corrected chi connectivity index (χ0v) is 8.71. The van der Waals surface area contributed by atoms with Gasteiger partial charge in [0.2, 0.25) is 0 Å². The van der Waals surface area contributed by atoms with Crippen LogP contribution in [0.1, 0.15) is 20.3 Å². The molecule has 0 radical (unpaired) electrons. The first kappa shape index (κ1) is 14.7. The molecule has 8 heteroatoms. The topological polar surface area (TPSA) is 78.6 Å². The number of hydrogen-bond acceptors (Lipinski definition) is 5. The maximum Gasteiger partial charge on any atom is 0.495 e. The minimum absolute atomic E-state index is 0.0564. The molecule has 94 valence electrons. The molecule has 0 aromatic rings. The minimum Gasteiger partial charge on any atom is -0.318 e. The predicted octanol–water partition coefficient (Wildman–Crippen LogP) is 0.923. The molecule has 0 saturated carbocycles. The van der Waals surface area contributed by atoms with Gasteiger partial charge >= 0.3 is 18.1 Å². The Morgan fingerprint density at radius 3 is 2.12 bits per heavy atom. The lowest BCUT2D eigenvalue weighted by atomic mass is 10.1. The molecule has 0 bridgehead atoms. The monoisotopic (exact) mass is 243 g/mol. The molecule has 2 N–H and O–H groups in total. The molecule has 1 unspecified atom stereocenters. The maximum absolute atomic E-state index is 11.6. The van der Waals surface area contributed by atoms with Crippen LogP contribution in [0, 0.1) is 5.92 Å². The average Bonchev–Trinajstić information content (AvgIpc) is 2.10. The number of alkyl halides is 3. The fourth-order valence-corrected chi connectivity index (χ4v) is 0.792. The number of hydrogen-bond donors (Lipinski definition) is 1. The van der Waals surface area contributed by atoms with Crippen LogP contribution in [0.5, 0.6) is 0 Å². The summed E-state index contributed by atoms with van der Waals surface area (Å²) >= 11 is 0. The minimum atomic E-state index is -5.21. The summed E-state index contributed by atoms with van der Waals surface area (Å²) in [7, 11) is 0. The summed E-state index contributed by atoms with van der Waals surface area (Å²) in [5.74, 6) is -3.76. The van der Waals surface area contributed by atoms with Crippen molar-refractivity contribution in [2.75, 3.05) is 0 Å². The Labute approximate surface area is 89.6 Å². The highest BCUT2D eigenvalue weighted by molar-refractivity contribution is 5.78. The lowest BCUT2D eigenvalue weighted by Crippen LogP contribution is -2.35. The molecule has 0 spiro atoms. The second-order valence-electron chi connectivity index (χ2n) is 3.51. The van der Waals surface area contributed by atoms with Gasteiger partial charge in [-0.15, -0.1) is 0 Å². The molecule has 0 fully saturated rings. The van der Waals surface area contributed by atoms with Gasteiger partial charge in [0.25, 0.3) is 0 Å². The summed E-state index contributed by atoms with van der Waals surface area (Å²) in [6.07, 6.45) is -5.00. The smallest absolute Gasteiger partial charge is 0.318 e. The molecule has 0 rings (SSSR count). The summed E-state index contributed by atoms with van der Waals surface area (Å²) in [5.41, 5.74) is 5.27. The van der Waals surface area contributed by atoms with Crippen molar-refractivity contribution in [3.63, 3.8) is 0 Å². The van der Waals surface area contributed by atoms with Gasteiger partial charge in [0.05, 0.1) is 0 Å². The highest BCUT2D eigenvalue weighted by Crippen LogP contribution is 2.16. The first-order valence-corrected chi connectivity index (χ1v) is 4.39. The summed E-state index contributed by atoms with van der Waals surface area (Å²) in [5, 5.41) is 0. The lowest BCUT2D eigenvalue weighted by molar-refractivity contribution is -0.286. The van der Waals surface area contributed by atoms with Crippen LogP contribution in [0.4, 0.5) is 13.2 Å². The van der Waals surface area contributed by atoms with E-state index in [4.69, 9.17) is 5.73 Å². The van der Waals surface area contributed by atoms with Crippen molar-refractivity contribution in [1.82, 2.24) is 0 Å². The highest BCUT2D eigenvalue weighted by atomic mass is 19.4. The Bertz CT molecular complexity index is 264. The summed E-state index contributed by atoms with van der Waals surface area (Å²) in [4.78, 5) is 28.0. The van der Waals surface area contributed by atoms with Crippen LogP contribution in [-0.4, -0.2) is 24.2 Å². The third-order valence-electron chi connectivity index (χ3n) is 1.46. The molecule has 1 atom stereocenters. The van der Waals surface area contributed by atoms with Crippen molar-refractivity contribution in [1.29, 1.82) is 0 Å². The standard InChI is InChI=1S/C8H12F3NO4/c1-4(2)3-5(12)6(13)15-16-7(14)8(9,10)11/h4-5H,3,12H2,1-2H3. The first-order valence-electron chi connectivity index (χ1n) is 4.39. The van der Waals surface area contributed by atoms with Crippen LogP contribution in [-0.2, 0) is 19.4 Å². The molecule has 16 heavy (non-hydrogen) atoms. The van der Waals surface area contributed by atoms with Crippen LogP contribution in [0.25, 0.3) is 0 Å². The van der Waals surface area contributed by atoms with Crippen LogP contribution >= 0.6 is 0 Å². The third-order valence-corrected chi connectivity index (χ3v) is 1.46. The van der Waals surface area contributed by atoms with Crippen molar-refractivity contribution in [3.8, 4) is 0 Å². The van der Waals surface area contributed by atoms with E-state index in [0.29, 0.717) is 0 Å². The van der Waals surface area contributed by atoms with Gasteiger partial charge in [-0.25, -0.2) is 19.4 Å². The second-order valence-corrected chi connectivity index (χ2v) is 3.51. The molecular weight excluding hydrogens is 231 g/mol. The van der Waals surface area contributed by atoms with Crippen LogP contribution in [0.3, 0.4) is 0 Å². The van der Waals surface area contributed by atoms with Gasteiger partial charge in [0.15, 0.2) is 0 Å².